The molecule has 1 N–H and O–H groups in total. The molecular weight excluding hydrogens is 253 g/mol. The van der Waals surface area contributed by atoms with Crippen molar-refractivity contribution in [3.63, 3.8) is 0 Å². The Kier molecular flexibility index (Phi) is 3.74. The lowest BCUT2D eigenvalue weighted by Gasteiger charge is -2.09. The number of fused-ring (bicyclic) bond motifs is 1. The van der Waals surface area contributed by atoms with Crippen molar-refractivity contribution in [2.24, 2.45) is 0 Å². The summed E-state index contributed by atoms with van der Waals surface area (Å²) < 4.78 is 15.7. The van der Waals surface area contributed by atoms with Crippen LogP contribution in [0.25, 0.3) is 11.0 Å². The fourth-order valence-electron chi connectivity index (χ4n) is 2.67. The van der Waals surface area contributed by atoms with Gasteiger partial charge in [-0.1, -0.05) is 13.8 Å². The van der Waals surface area contributed by atoms with Crippen molar-refractivity contribution in [2.75, 3.05) is 6.54 Å². The fourth-order valence-corrected chi connectivity index (χ4v) is 2.67. The summed E-state index contributed by atoms with van der Waals surface area (Å²) in [6.45, 7) is 5.31. The first kappa shape index (κ1) is 13.6. The second-order valence-corrected chi connectivity index (χ2v) is 5.97. The van der Waals surface area contributed by atoms with Gasteiger partial charge in [-0.05, 0) is 44.0 Å². The molecule has 20 heavy (non-hydrogen) atoms. The van der Waals surface area contributed by atoms with Gasteiger partial charge < -0.3 is 9.88 Å². The summed E-state index contributed by atoms with van der Waals surface area (Å²) in [6.07, 6.45) is 4.40. The van der Waals surface area contributed by atoms with Crippen molar-refractivity contribution in [3.8, 4) is 0 Å². The summed E-state index contributed by atoms with van der Waals surface area (Å²) in [5, 5.41) is 3.43. The average Bonchev–Trinajstić information content (AvgIpc) is 3.16. The molecule has 1 aromatic carbocycles. The Morgan fingerprint density at radius 2 is 2.20 bits per heavy atom. The first-order valence-corrected chi connectivity index (χ1v) is 7.55. The molecule has 1 aromatic heterocycles. The van der Waals surface area contributed by atoms with Crippen molar-refractivity contribution in [2.45, 2.75) is 51.6 Å². The number of aromatic nitrogens is 2. The number of nitrogens with one attached hydrogen (secondary N) is 1. The smallest absolute Gasteiger partial charge is 0.125 e. The van der Waals surface area contributed by atoms with Crippen LogP contribution in [0.15, 0.2) is 18.2 Å². The lowest BCUT2D eigenvalue weighted by molar-refractivity contribution is 0.558. The second kappa shape index (κ2) is 5.52. The molecule has 2 aromatic rings. The van der Waals surface area contributed by atoms with Crippen LogP contribution < -0.4 is 5.32 Å². The quantitative estimate of drug-likeness (QED) is 0.818. The maximum atomic E-state index is 13.5. The number of imidazole rings is 1. The number of benzene rings is 1. The number of nitrogens with zero attached hydrogens (tertiary/aromatic N) is 2. The van der Waals surface area contributed by atoms with Gasteiger partial charge in [0.1, 0.15) is 11.6 Å². The van der Waals surface area contributed by atoms with Gasteiger partial charge in [0.05, 0.1) is 11.0 Å². The van der Waals surface area contributed by atoms with E-state index < -0.39 is 0 Å². The summed E-state index contributed by atoms with van der Waals surface area (Å²) in [5.74, 6) is 0.936. The zero-order valence-electron chi connectivity index (χ0n) is 12.2. The lowest BCUT2D eigenvalue weighted by atomic mass is 10.2. The van der Waals surface area contributed by atoms with Gasteiger partial charge in [-0.25, -0.2) is 9.37 Å². The first-order chi connectivity index (χ1) is 9.65. The molecule has 1 saturated carbocycles. The predicted molar refractivity (Wildman–Crippen MR) is 79.4 cm³/mol. The number of hydrogen-bond donors (Lipinski definition) is 1. The van der Waals surface area contributed by atoms with Gasteiger partial charge in [-0.15, -0.1) is 0 Å². The normalized spacial score (nSPS) is 15.4. The van der Waals surface area contributed by atoms with E-state index in [0.29, 0.717) is 12.1 Å². The standard InChI is InChI=1S/C16H22FN3/c1-11(2)18-9-3-4-16-19-14-8-5-12(17)10-15(14)20(16)13-6-7-13/h5,8,10-11,13,18H,3-4,6-7,9H2,1-2H3. The Morgan fingerprint density at radius 1 is 1.40 bits per heavy atom. The SMILES string of the molecule is CC(C)NCCCc1nc2ccc(F)cc2n1C1CC1. The summed E-state index contributed by atoms with van der Waals surface area (Å²) in [4.78, 5) is 4.70. The van der Waals surface area contributed by atoms with Gasteiger partial charge >= 0.3 is 0 Å². The highest BCUT2D eigenvalue weighted by Crippen LogP contribution is 2.39. The van der Waals surface area contributed by atoms with Crippen LogP contribution >= 0.6 is 0 Å². The number of halogens is 1. The van der Waals surface area contributed by atoms with Crippen LogP contribution in [0.1, 0.15) is 45.0 Å². The molecule has 1 fully saturated rings. The fraction of sp³-hybridized carbons (Fsp3) is 0.562. The van der Waals surface area contributed by atoms with E-state index in [1.807, 2.05) is 0 Å². The molecular formula is C16H22FN3. The molecule has 0 amide bonds. The molecule has 0 spiro atoms. The van der Waals surface area contributed by atoms with Crippen LogP contribution in [0, 0.1) is 5.82 Å². The van der Waals surface area contributed by atoms with E-state index >= 15 is 0 Å². The highest BCUT2D eigenvalue weighted by Gasteiger charge is 2.28. The molecule has 108 valence electrons. The van der Waals surface area contributed by atoms with E-state index in [4.69, 9.17) is 4.98 Å². The average molecular weight is 275 g/mol. The van der Waals surface area contributed by atoms with Crippen LogP contribution in [0.3, 0.4) is 0 Å². The van der Waals surface area contributed by atoms with E-state index in [9.17, 15) is 4.39 Å². The molecule has 3 rings (SSSR count). The first-order valence-electron chi connectivity index (χ1n) is 7.55. The molecule has 1 heterocycles. The van der Waals surface area contributed by atoms with Crippen molar-refractivity contribution < 1.29 is 4.39 Å². The molecule has 0 aliphatic heterocycles. The third kappa shape index (κ3) is 2.85. The summed E-state index contributed by atoms with van der Waals surface area (Å²) >= 11 is 0. The zero-order chi connectivity index (χ0) is 14.1. The molecule has 0 bridgehead atoms. The Balaban J connectivity index is 1.80. The molecule has 0 unspecified atom stereocenters. The van der Waals surface area contributed by atoms with Crippen LogP contribution in [-0.2, 0) is 6.42 Å². The highest BCUT2D eigenvalue weighted by atomic mass is 19.1. The van der Waals surface area contributed by atoms with E-state index in [2.05, 4.69) is 23.7 Å². The summed E-state index contributed by atoms with van der Waals surface area (Å²) in [6, 6.07) is 5.97. The maximum Gasteiger partial charge on any atom is 0.125 e. The van der Waals surface area contributed by atoms with E-state index in [1.54, 1.807) is 12.1 Å². The van der Waals surface area contributed by atoms with E-state index in [1.165, 1.54) is 18.9 Å². The molecule has 0 atom stereocenters. The van der Waals surface area contributed by atoms with Crippen molar-refractivity contribution in [1.82, 2.24) is 14.9 Å². The summed E-state index contributed by atoms with van der Waals surface area (Å²) in [7, 11) is 0. The molecule has 1 aliphatic rings. The number of hydrogen-bond acceptors (Lipinski definition) is 2. The van der Waals surface area contributed by atoms with Crippen molar-refractivity contribution in [1.29, 1.82) is 0 Å². The van der Waals surface area contributed by atoms with Gasteiger partial charge in [0.25, 0.3) is 0 Å². The van der Waals surface area contributed by atoms with Gasteiger partial charge in [-0.3, -0.25) is 0 Å². The Labute approximate surface area is 119 Å². The van der Waals surface area contributed by atoms with Crippen LogP contribution in [-0.4, -0.2) is 22.1 Å². The van der Waals surface area contributed by atoms with E-state index in [0.717, 1.165) is 36.2 Å². The third-order valence-electron chi connectivity index (χ3n) is 3.77. The molecule has 1 aliphatic carbocycles. The molecule has 0 saturated heterocycles. The van der Waals surface area contributed by atoms with Gasteiger partial charge in [0, 0.05) is 18.5 Å². The van der Waals surface area contributed by atoms with Crippen molar-refractivity contribution in [3.05, 3.63) is 29.8 Å². The lowest BCUT2D eigenvalue weighted by Crippen LogP contribution is -2.24. The highest BCUT2D eigenvalue weighted by molar-refractivity contribution is 5.76. The predicted octanol–water partition coefficient (Wildman–Crippen LogP) is 3.44. The monoisotopic (exact) mass is 275 g/mol. The Morgan fingerprint density at radius 3 is 2.90 bits per heavy atom. The topological polar surface area (TPSA) is 29.9 Å². The zero-order valence-corrected chi connectivity index (χ0v) is 12.2. The Hall–Kier alpha value is -1.42. The van der Waals surface area contributed by atoms with Crippen LogP contribution in [0.2, 0.25) is 0 Å². The van der Waals surface area contributed by atoms with Crippen molar-refractivity contribution >= 4 is 11.0 Å². The van der Waals surface area contributed by atoms with E-state index in [-0.39, 0.29) is 5.82 Å². The molecule has 3 nitrogen and oxygen atoms in total. The maximum absolute atomic E-state index is 13.5. The Bertz CT molecular complexity index is 599. The second-order valence-electron chi connectivity index (χ2n) is 5.97. The number of aryl methyl sites for hydroxylation is 1. The minimum Gasteiger partial charge on any atom is -0.325 e. The molecule has 0 radical (unpaired) electrons. The van der Waals surface area contributed by atoms with Crippen LogP contribution in [0.5, 0.6) is 0 Å². The van der Waals surface area contributed by atoms with Gasteiger partial charge in [0.15, 0.2) is 0 Å². The van der Waals surface area contributed by atoms with Gasteiger partial charge in [-0.2, -0.15) is 0 Å². The summed E-state index contributed by atoms with van der Waals surface area (Å²) in [5.41, 5.74) is 1.88. The minimum atomic E-state index is -0.174. The third-order valence-corrected chi connectivity index (χ3v) is 3.77. The van der Waals surface area contributed by atoms with Crippen LogP contribution in [0.4, 0.5) is 4.39 Å². The minimum absolute atomic E-state index is 0.174. The number of rotatable bonds is 6. The molecule has 4 heteroatoms. The van der Waals surface area contributed by atoms with Gasteiger partial charge in [0.2, 0.25) is 0 Å². The largest absolute Gasteiger partial charge is 0.325 e.